The molecule has 1 rings (SSSR count). The van der Waals surface area contributed by atoms with Gasteiger partial charge < -0.3 is 16.2 Å². The van der Waals surface area contributed by atoms with Gasteiger partial charge in [-0.25, -0.2) is 4.79 Å². The summed E-state index contributed by atoms with van der Waals surface area (Å²) in [6.45, 7) is 0.334. The van der Waals surface area contributed by atoms with E-state index in [1.165, 1.54) is 0 Å². The van der Waals surface area contributed by atoms with Gasteiger partial charge in [0.05, 0.1) is 0 Å². The van der Waals surface area contributed by atoms with Crippen LogP contribution in [0, 0.1) is 0 Å². The first-order chi connectivity index (χ1) is 8.11. The first-order valence-electron chi connectivity index (χ1n) is 5.13. The second-order valence-corrected chi connectivity index (χ2v) is 3.38. The number of carbonyl (C=O) groups excluding carboxylic acids is 2. The van der Waals surface area contributed by atoms with Crippen LogP contribution < -0.4 is 21.5 Å². The van der Waals surface area contributed by atoms with Gasteiger partial charge in [0, 0.05) is 0 Å². The minimum atomic E-state index is -0.892. The zero-order valence-corrected chi connectivity index (χ0v) is 9.31. The van der Waals surface area contributed by atoms with Crippen LogP contribution in [0.3, 0.4) is 0 Å². The molecule has 6 heteroatoms. The van der Waals surface area contributed by atoms with Crippen LogP contribution in [0.5, 0.6) is 5.75 Å². The Bertz CT molecular complexity index is 389. The Kier molecular flexibility index (Phi) is 4.96. The number of primary amides is 1. The van der Waals surface area contributed by atoms with Gasteiger partial charge in [0.2, 0.25) is 0 Å². The van der Waals surface area contributed by atoms with Crippen molar-refractivity contribution in [2.75, 3.05) is 13.2 Å². The van der Waals surface area contributed by atoms with Gasteiger partial charge in [-0.15, -0.1) is 0 Å². The Morgan fingerprint density at radius 3 is 2.41 bits per heavy atom. The van der Waals surface area contributed by atoms with Crippen LogP contribution in [0.15, 0.2) is 24.3 Å². The Morgan fingerprint density at radius 2 is 1.88 bits per heavy atom. The normalized spacial score (nSPS) is 9.71. The number of urea groups is 1. The molecule has 0 aliphatic heterocycles. The van der Waals surface area contributed by atoms with Crippen molar-refractivity contribution in [3.63, 3.8) is 0 Å². The lowest BCUT2D eigenvalue weighted by Crippen LogP contribution is -2.38. The smallest absolute Gasteiger partial charge is 0.318 e. The van der Waals surface area contributed by atoms with E-state index in [1.807, 2.05) is 17.4 Å². The standard InChI is InChI=1S/C11H15N3O3/c12-6-5-8-1-3-9(4-2-8)17-7-10(15)14-11(13)16/h1-4H,5-7,12H2,(H3,13,14,15,16). The van der Waals surface area contributed by atoms with Crippen LogP contribution in [0.2, 0.25) is 0 Å². The first kappa shape index (κ1) is 13.0. The van der Waals surface area contributed by atoms with Crippen molar-refractivity contribution in [3.8, 4) is 5.75 Å². The second-order valence-electron chi connectivity index (χ2n) is 3.38. The molecule has 0 aromatic heterocycles. The largest absolute Gasteiger partial charge is 0.484 e. The number of rotatable bonds is 5. The van der Waals surface area contributed by atoms with Crippen LogP contribution in [-0.4, -0.2) is 25.1 Å². The summed E-state index contributed by atoms with van der Waals surface area (Å²) in [7, 11) is 0. The molecule has 0 aliphatic rings. The summed E-state index contributed by atoms with van der Waals surface area (Å²) in [5.74, 6) is -0.0334. The summed E-state index contributed by atoms with van der Waals surface area (Å²) in [6, 6.07) is 6.32. The van der Waals surface area contributed by atoms with Crippen molar-refractivity contribution in [1.82, 2.24) is 5.32 Å². The Hall–Kier alpha value is -2.08. The zero-order chi connectivity index (χ0) is 12.7. The number of hydrogen-bond acceptors (Lipinski definition) is 4. The highest BCUT2D eigenvalue weighted by molar-refractivity contribution is 5.94. The van der Waals surface area contributed by atoms with E-state index in [2.05, 4.69) is 0 Å². The van der Waals surface area contributed by atoms with Gasteiger partial charge in [-0.2, -0.15) is 0 Å². The molecule has 0 saturated heterocycles. The van der Waals surface area contributed by atoms with E-state index in [-0.39, 0.29) is 6.61 Å². The molecule has 0 atom stereocenters. The number of hydrogen-bond donors (Lipinski definition) is 3. The van der Waals surface area contributed by atoms with Gasteiger partial charge in [-0.05, 0) is 30.7 Å². The molecule has 0 unspecified atom stereocenters. The highest BCUT2D eigenvalue weighted by atomic mass is 16.5. The van der Waals surface area contributed by atoms with E-state index in [1.54, 1.807) is 12.1 Å². The van der Waals surface area contributed by atoms with Gasteiger partial charge in [-0.1, -0.05) is 12.1 Å². The number of amides is 3. The summed E-state index contributed by atoms with van der Waals surface area (Å²) >= 11 is 0. The van der Waals surface area contributed by atoms with Gasteiger partial charge in [0.25, 0.3) is 5.91 Å². The molecule has 0 spiro atoms. The Morgan fingerprint density at radius 1 is 1.24 bits per heavy atom. The molecule has 0 saturated carbocycles. The summed E-state index contributed by atoms with van der Waals surface area (Å²) in [4.78, 5) is 21.4. The summed E-state index contributed by atoms with van der Waals surface area (Å²) in [5, 5.41) is 1.90. The highest BCUT2D eigenvalue weighted by Gasteiger charge is 2.04. The molecule has 3 amide bonds. The molecule has 1 aromatic carbocycles. The van der Waals surface area contributed by atoms with Crippen molar-refractivity contribution >= 4 is 11.9 Å². The maximum absolute atomic E-state index is 11.0. The molecule has 0 fully saturated rings. The number of imide groups is 1. The monoisotopic (exact) mass is 237 g/mol. The van der Waals surface area contributed by atoms with Crippen molar-refractivity contribution in [2.45, 2.75) is 6.42 Å². The van der Waals surface area contributed by atoms with E-state index < -0.39 is 11.9 Å². The fourth-order valence-corrected chi connectivity index (χ4v) is 1.24. The maximum Gasteiger partial charge on any atom is 0.318 e. The topological polar surface area (TPSA) is 107 Å². The fraction of sp³-hybridized carbons (Fsp3) is 0.273. The van der Waals surface area contributed by atoms with E-state index in [4.69, 9.17) is 16.2 Å². The Labute approximate surface area is 98.9 Å². The molecule has 0 radical (unpaired) electrons. The lowest BCUT2D eigenvalue weighted by Gasteiger charge is -2.06. The number of nitrogens with one attached hydrogen (secondary N) is 1. The maximum atomic E-state index is 11.0. The van der Waals surface area contributed by atoms with Crippen LogP contribution in [0.4, 0.5) is 4.79 Å². The Balaban J connectivity index is 2.41. The van der Waals surface area contributed by atoms with E-state index in [9.17, 15) is 9.59 Å². The molecular weight excluding hydrogens is 222 g/mol. The summed E-state index contributed by atoms with van der Waals surface area (Å²) < 4.78 is 5.15. The minimum absolute atomic E-state index is 0.251. The third kappa shape index (κ3) is 4.98. The van der Waals surface area contributed by atoms with Gasteiger partial charge in [-0.3, -0.25) is 10.1 Å². The average molecular weight is 237 g/mol. The van der Waals surface area contributed by atoms with Gasteiger partial charge in [0.15, 0.2) is 6.61 Å². The molecule has 92 valence electrons. The van der Waals surface area contributed by atoms with Gasteiger partial charge >= 0.3 is 6.03 Å². The quantitative estimate of drug-likeness (QED) is 0.656. The molecular formula is C11H15N3O3. The molecule has 6 nitrogen and oxygen atoms in total. The number of nitrogens with two attached hydrogens (primary N) is 2. The number of ether oxygens (including phenoxy) is 1. The van der Waals surface area contributed by atoms with Crippen LogP contribution in [-0.2, 0) is 11.2 Å². The SMILES string of the molecule is NCCc1ccc(OCC(=O)NC(N)=O)cc1. The zero-order valence-electron chi connectivity index (χ0n) is 9.31. The lowest BCUT2D eigenvalue weighted by molar-refractivity contribution is -0.121. The molecule has 5 N–H and O–H groups in total. The third-order valence-electron chi connectivity index (χ3n) is 1.99. The van der Waals surface area contributed by atoms with Crippen LogP contribution >= 0.6 is 0 Å². The predicted molar refractivity (Wildman–Crippen MR) is 62.4 cm³/mol. The van der Waals surface area contributed by atoms with Crippen LogP contribution in [0.25, 0.3) is 0 Å². The number of benzene rings is 1. The summed E-state index contributed by atoms with van der Waals surface area (Å²) in [5.41, 5.74) is 11.3. The van der Waals surface area contributed by atoms with Crippen LogP contribution in [0.1, 0.15) is 5.56 Å². The van der Waals surface area contributed by atoms with E-state index in [0.29, 0.717) is 12.3 Å². The van der Waals surface area contributed by atoms with Crippen molar-refractivity contribution in [3.05, 3.63) is 29.8 Å². The fourth-order valence-electron chi connectivity index (χ4n) is 1.24. The average Bonchev–Trinajstić information content (AvgIpc) is 2.28. The third-order valence-corrected chi connectivity index (χ3v) is 1.99. The van der Waals surface area contributed by atoms with Crippen molar-refractivity contribution in [1.29, 1.82) is 0 Å². The predicted octanol–water partition coefficient (Wildman–Crippen LogP) is -0.239. The molecule has 0 bridgehead atoms. The molecule has 0 heterocycles. The molecule has 1 aromatic rings. The van der Waals surface area contributed by atoms with E-state index in [0.717, 1.165) is 12.0 Å². The lowest BCUT2D eigenvalue weighted by atomic mass is 10.1. The summed E-state index contributed by atoms with van der Waals surface area (Å²) in [6.07, 6.45) is 0.794. The molecule has 17 heavy (non-hydrogen) atoms. The first-order valence-corrected chi connectivity index (χ1v) is 5.13. The van der Waals surface area contributed by atoms with Gasteiger partial charge in [0.1, 0.15) is 5.75 Å². The van der Waals surface area contributed by atoms with Crippen molar-refractivity contribution in [2.24, 2.45) is 11.5 Å². The second kappa shape index (κ2) is 6.49. The minimum Gasteiger partial charge on any atom is -0.484 e. The number of carbonyl (C=O) groups is 2. The van der Waals surface area contributed by atoms with E-state index >= 15 is 0 Å². The highest BCUT2D eigenvalue weighted by Crippen LogP contribution is 2.12. The molecule has 0 aliphatic carbocycles. The van der Waals surface area contributed by atoms with Crippen molar-refractivity contribution < 1.29 is 14.3 Å².